The predicted molar refractivity (Wildman–Crippen MR) is 247 cm³/mol. The van der Waals surface area contributed by atoms with E-state index in [0.29, 0.717) is 57.3 Å². The molecule has 0 spiro atoms. The van der Waals surface area contributed by atoms with Crippen molar-refractivity contribution in [2.45, 2.75) is 24.7 Å². The molecule has 10 rings (SSSR count). The van der Waals surface area contributed by atoms with Gasteiger partial charge in [0.1, 0.15) is 5.82 Å². The van der Waals surface area contributed by atoms with Gasteiger partial charge in [-0.05, 0) is 106 Å². The molecule has 2 aromatic heterocycles. The Bertz CT molecular complexity index is 3430. The lowest BCUT2D eigenvalue weighted by atomic mass is 9.97. The van der Waals surface area contributed by atoms with Crippen molar-refractivity contribution in [3.05, 3.63) is 204 Å². The van der Waals surface area contributed by atoms with Crippen molar-refractivity contribution in [1.82, 2.24) is 19.5 Å². The Kier molecular flexibility index (Phi) is 11.5. The molecule has 17 heteroatoms. The third-order valence-electron chi connectivity index (χ3n) is 12.0. The number of hydrogen-bond donors (Lipinski definition) is 0. The molecule has 0 unspecified atom stereocenters. The van der Waals surface area contributed by atoms with E-state index < -0.39 is 63.9 Å². The normalized spacial score (nSPS) is 12.5. The highest BCUT2D eigenvalue weighted by molar-refractivity contribution is 6.12. The fourth-order valence-corrected chi connectivity index (χ4v) is 8.54. The van der Waals surface area contributed by atoms with Gasteiger partial charge in [-0.1, -0.05) is 103 Å². The molecule has 0 fully saturated rings. The van der Waals surface area contributed by atoms with Gasteiger partial charge in [0.2, 0.25) is 0 Å². The van der Waals surface area contributed by atoms with Crippen molar-refractivity contribution in [3.63, 3.8) is 0 Å². The molecule has 0 bridgehead atoms. The predicted octanol–water partition coefficient (Wildman–Crippen LogP) is 17.2. The highest BCUT2D eigenvalue weighted by Crippen LogP contribution is 2.45. The number of benzene rings is 8. The summed E-state index contributed by atoms with van der Waals surface area (Å²) in [7, 11) is 0. The quantitative estimate of drug-likeness (QED) is 0.149. The van der Waals surface area contributed by atoms with Gasteiger partial charge < -0.3 is 4.57 Å². The minimum Gasteiger partial charge on any atom is -0.308 e. The van der Waals surface area contributed by atoms with Crippen LogP contribution in [0.2, 0.25) is 0 Å². The third-order valence-corrected chi connectivity index (χ3v) is 12.0. The Morgan fingerprint density at radius 1 is 0.306 bits per heavy atom. The number of nitrogens with zero attached hydrogens (tertiary/aromatic N) is 4. The molecule has 0 aliphatic carbocycles. The summed E-state index contributed by atoms with van der Waals surface area (Å²) in [5.41, 5.74) is -4.76. The molecule has 0 aliphatic rings. The van der Waals surface area contributed by atoms with E-state index in [1.54, 1.807) is 78.9 Å². The number of fused-ring (bicyclic) bond motifs is 3. The highest BCUT2D eigenvalue weighted by atomic mass is 19.4. The van der Waals surface area contributed by atoms with Crippen molar-refractivity contribution in [1.29, 1.82) is 0 Å². The van der Waals surface area contributed by atoms with E-state index in [0.717, 1.165) is 0 Å². The van der Waals surface area contributed by atoms with E-state index in [9.17, 15) is 57.1 Å². The fraction of sp³-hybridized carbons (Fsp3) is 0.0727. The summed E-state index contributed by atoms with van der Waals surface area (Å²) < 4.78 is 187. The van der Waals surface area contributed by atoms with Gasteiger partial charge in [0.05, 0.1) is 39.0 Å². The SMILES string of the molecule is Fc1ccc(-c2ccc(-c3nc(-c4ccccc4)nc(-c4ccccc4)n3)c(-n3c4cc(-c5cc(C(F)(F)F)cc(C(F)(F)F)c5)ccc4c4ccc(-c5cc(C(F)(F)F)cc(C(F)(F)F)c5)cc43)c2)cc1. The van der Waals surface area contributed by atoms with Crippen LogP contribution >= 0.6 is 0 Å². The van der Waals surface area contributed by atoms with Gasteiger partial charge in [-0.3, -0.25) is 0 Å². The molecule has 72 heavy (non-hydrogen) atoms. The van der Waals surface area contributed by atoms with Crippen molar-refractivity contribution >= 4 is 21.8 Å². The summed E-state index contributed by atoms with van der Waals surface area (Å²) in [6.07, 6.45) is -20.8. The van der Waals surface area contributed by atoms with Crippen LogP contribution in [0.5, 0.6) is 0 Å². The van der Waals surface area contributed by atoms with E-state index in [1.807, 2.05) is 0 Å². The van der Waals surface area contributed by atoms with E-state index in [-0.39, 0.29) is 63.0 Å². The second-order valence-electron chi connectivity index (χ2n) is 16.7. The van der Waals surface area contributed by atoms with E-state index in [1.165, 1.54) is 65.2 Å². The van der Waals surface area contributed by atoms with Crippen LogP contribution in [-0.2, 0) is 24.7 Å². The Morgan fingerprint density at radius 3 is 1.07 bits per heavy atom. The number of hydrogen-bond acceptors (Lipinski definition) is 3. The first-order chi connectivity index (χ1) is 34.1. The number of rotatable bonds is 7. The molecule has 0 amide bonds. The maximum Gasteiger partial charge on any atom is 0.416 e. The second-order valence-corrected chi connectivity index (χ2v) is 16.7. The average Bonchev–Trinajstić information content (AvgIpc) is 3.68. The zero-order valence-electron chi connectivity index (χ0n) is 36.4. The van der Waals surface area contributed by atoms with Crippen LogP contribution in [0.1, 0.15) is 22.3 Å². The molecule has 0 saturated carbocycles. The lowest BCUT2D eigenvalue weighted by Crippen LogP contribution is -2.11. The van der Waals surface area contributed by atoms with Gasteiger partial charge >= 0.3 is 24.7 Å². The van der Waals surface area contributed by atoms with Gasteiger partial charge in [-0.2, -0.15) is 52.7 Å². The number of aromatic nitrogens is 4. The first-order valence-corrected chi connectivity index (χ1v) is 21.5. The van der Waals surface area contributed by atoms with Crippen LogP contribution in [0.15, 0.2) is 176 Å². The second kappa shape index (κ2) is 17.5. The van der Waals surface area contributed by atoms with Crippen molar-refractivity contribution in [3.8, 4) is 73.2 Å². The molecule has 360 valence electrons. The molecule has 0 saturated heterocycles. The number of alkyl halides is 12. The maximum atomic E-state index is 14.3. The lowest BCUT2D eigenvalue weighted by Gasteiger charge is -2.18. The molecule has 0 radical (unpaired) electrons. The van der Waals surface area contributed by atoms with Gasteiger partial charge in [-0.25, -0.2) is 19.3 Å². The molecule has 0 atom stereocenters. The molecular weight excluding hydrogens is 964 g/mol. The Labute approximate surface area is 399 Å². The average molecular weight is 993 g/mol. The summed E-state index contributed by atoms with van der Waals surface area (Å²) in [5, 5.41) is 0.652. The molecule has 8 aromatic carbocycles. The highest BCUT2D eigenvalue weighted by Gasteiger charge is 2.39. The Morgan fingerprint density at radius 2 is 0.667 bits per heavy atom. The van der Waals surface area contributed by atoms with Crippen LogP contribution < -0.4 is 0 Å². The standard InChI is InChI=1S/C55H29F13N4/c56-42-16-11-30(12-17-42)33-15-20-45(51-70-49(31-7-3-1-4-8-31)69-50(71-51)32-9-5-2-6-10-32)48(25-33)72-46-26-34(36-21-38(52(57,58)59)28-39(22-36)53(60,61)62)13-18-43(46)44-19-14-35(27-47(44)72)37-23-40(54(63,64)65)29-41(24-37)55(66,67)68/h1-29H. The minimum absolute atomic E-state index is 0.00607. The summed E-state index contributed by atoms with van der Waals surface area (Å²) in [6, 6.07) is 38.4. The third kappa shape index (κ3) is 9.24. The van der Waals surface area contributed by atoms with E-state index >= 15 is 0 Å². The smallest absolute Gasteiger partial charge is 0.308 e. The van der Waals surface area contributed by atoms with E-state index in [2.05, 4.69) is 0 Å². The summed E-state index contributed by atoms with van der Waals surface area (Å²) in [4.78, 5) is 14.6. The van der Waals surface area contributed by atoms with Gasteiger partial charge in [0, 0.05) is 27.5 Å². The largest absolute Gasteiger partial charge is 0.416 e. The molecule has 4 nitrogen and oxygen atoms in total. The first-order valence-electron chi connectivity index (χ1n) is 21.5. The Hall–Kier alpha value is -8.34. The van der Waals surface area contributed by atoms with Crippen LogP contribution in [0.25, 0.3) is 95.0 Å². The maximum absolute atomic E-state index is 14.3. The van der Waals surface area contributed by atoms with Crippen molar-refractivity contribution in [2.75, 3.05) is 0 Å². The monoisotopic (exact) mass is 992 g/mol. The summed E-state index contributed by atoms with van der Waals surface area (Å²) in [5.74, 6) is -0.0765. The molecule has 0 N–H and O–H groups in total. The summed E-state index contributed by atoms with van der Waals surface area (Å²) >= 11 is 0. The summed E-state index contributed by atoms with van der Waals surface area (Å²) in [6.45, 7) is 0. The Balaban J connectivity index is 1.33. The molecular formula is C55H29F13N4. The van der Waals surface area contributed by atoms with Gasteiger partial charge in [0.25, 0.3) is 0 Å². The van der Waals surface area contributed by atoms with Gasteiger partial charge in [0.15, 0.2) is 17.5 Å². The molecule has 10 aromatic rings. The topological polar surface area (TPSA) is 43.6 Å². The van der Waals surface area contributed by atoms with Crippen molar-refractivity contribution < 1.29 is 57.1 Å². The zero-order valence-corrected chi connectivity index (χ0v) is 36.4. The number of halogens is 13. The van der Waals surface area contributed by atoms with Crippen LogP contribution in [0.3, 0.4) is 0 Å². The molecule has 2 heterocycles. The lowest BCUT2D eigenvalue weighted by molar-refractivity contribution is -0.144. The van der Waals surface area contributed by atoms with Crippen LogP contribution in [0.4, 0.5) is 57.1 Å². The molecule has 0 aliphatic heterocycles. The van der Waals surface area contributed by atoms with Gasteiger partial charge in [-0.15, -0.1) is 0 Å². The van der Waals surface area contributed by atoms with E-state index in [4.69, 9.17) is 15.0 Å². The van der Waals surface area contributed by atoms with Crippen molar-refractivity contribution in [2.24, 2.45) is 0 Å². The first kappa shape index (κ1) is 47.3. The zero-order chi connectivity index (χ0) is 50.9. The van der Waals surface area contributed by atoms with Crippen LogP contribution in [-0.4, -0.2) is 19.5 Å². The fourth-order valence-electron chi connectivity index (χ4n) is 8.54. The van der Waals surface area contributed by atoms with Crippen LogP contribution in [0, 0.1) is 5.82 Å². The minimum atomic E-state index is -5.20.